The molecule has 5 aromatic rings. The van der Waals surface area contributed by atoms with Crippen molar-refractivity contribution >= 4 is 34.3 Å². The molecule has 0 unspecified atom stereocenters. The fourth-order valence-electron chi connectivity index (χ4n) is 4.63. The second-order valence-electron chi connectivity index (χ2n) is 9.28. The van der Waals surface area contributed by atoms with Crippen LogP contribution in [0.3, 0.4) is 0 Å². The van der Waals surface area contributed by atoms with Gasteiger partial charge in [-0.15, -0.1) is 0 Å². The van der Waals surface area contributed by atoms with E-state index in [0.717, 1.165) is 5.56 Å². The Kier molecular flexibility index (Phi) is 7.12. The van der Waals surface area contributed by atoms with E-state index in [4.69, 9.17) is 9.26 Å². The second kappa shape index (κ2) is 11.2. The Morgan fingerprint density at radius 3 is 2.70 bits per heavy atom. The number of nitrogens with one attached hydrogen (secondary N) is 3. The number of fused-ring (bicyclic) bond motifs is 1. The van der Waals surface area contributed by atoms with E-state index in [1.165, 1.54) is 0 Å². The van der Waals surface area contributed by atoms with Gasteiger partial charge in [0.05, 0.1) is 42.5 Å². The van der Waals surface area contributed by atoms with Gasteiger partial charge in [-0.05, 0) is 29.8 Å². The van der Waals surface area contributed by atoms with E-state index in [-0.39, 0.29) is 12.2 Å². The molecular formula is C27H29N9O4. The van der Waals surface area contributed by atoms with Gasteiger partial charge in [0.1, 0.15) is 11.6 Å². The van der Waals surface area contributed by atoms with Crippen molar-refractivity contribution in [3.8, 4) is 11.5 Å². The molecule has 1 saturated heterocycles. The molecule has 6 rings (SSSR count). The average molecular weight is 544 g/mol. The number of anilines is 4. The summed E-state index contributed by atoms with van der Waals surface area (Å²) in [6.07, 6.45) is 1.64. The fourth-order valence-corrected chi connectivity index (χ4v) is 4.63. The van der Waals surface area contributed by atoms with Gasteiger partial charge < -0.3 is 29.9 Å². The number of ether oxygens (including phenoxy) is 1. The molecule has 0 saturated carbocycles. The summed E-state index contributed by atoms with van der Waals surface area (Å²) in [6, 6.07) is 14.5. The SMILES string of the molecule is CCn1[nH]c(=O)c2ccc(Nc3cc(N[C@H](CO)c4ccccc4)c(-c4nc(N5CCOCC5)no4)cn3)nc21. The zero-order valence-electron chi connectivity index (χ0n) is 21.9. The third kappa shape index (κ3) is 5.11. The summed E-state index contributed by atoms with van der Waals surface area (Å²) in [5.41, 5.74) is 2.50. The lowest BCUT2D eigenvalue weighted by molar-refractivity contribution is 0.121. The quantitative estimate of drug-likeness (QED) is 0.216. The molecular weight excluding hydrogens is 514 g/mol. The summed E-state index contributed by atoms with van der Waals surface area (Å²) in [6.45, 7) is 4.93. The third-order valence-corrected chi connectivity index (χ3v) is 6.74. The monoisotopic (exact) mass is 543 g/mol. The van der Waals surface area contributed by atoms with Crippen LogP contribution in [0, 0.1) is 0 Å². The lowest BCUT2D eigenvalue weighted by Crippen LogP contribution is -2.36. The Morgan fingerprint density at radius 1 is 1.10 bits per heavy atom. The number of morpholine rings is 1. The topological polar surface area (TPSA) is 159 Å². The van der Waals surface area contributed by atoms with Gasteiger partial charge in [0, 0.05) is 31.9 Å². The van der Waals surface area contributed by atoms with Crippen LogP contribution >= 0.6 is 0 Å². The van der Waals surface area contributed by atoms with Crippen LogP contribution in [-0.4, -0.2) is 67.9 Å². The number of rotatable bonds is 9. The van der Waals surface area contributed by atoms with Crippen LogP contribution in [-0.2, 0) is 11.3 Å². The van der Waals surface area contributed by atoms with Gasteiger partial charge in [0.15, 0.2) is 5.65 Å². The van der Waals surface area contributed by atoms with Crippen molar-refractivity contribution in [2.75, 3.05) is 48.4 Å². The first kappa shape index (κ1) is 25.5. The summed E-state index contributed by atoms with van der Waals surface area (Å²) in [7, 11) is 0. The van der Waals surface area contributed by atoms with Crippen molar-refractivity contribution in [1.29, 1.82) is 0 Å². The highest BCUT2D eigenvalue weighted by Gasteiger charge is 2.22. The van der Waals surface area contributed by atoms with Crippen LogP contribution in [0.5, 0.6) is 0 Å². The van der Waals surface area contributed by atoms with Crippen LogP contribution in [0.15, 0.2) is 64.0 Å². The largest absolute Gasteiger partial charge is 0.394 e. The third-order valence-electron chi connectivity index (χ3n) is 6.74. The van der Waals surface area contributed by atoms with Gasteiger partial charge in [-0.1, -0.05) is 30.3 Å². The first-order valence-electron chi connectivity index (χ1n) is 13.1. The number of aromatic nitrogens is 6. The molecule has 13 heteroatoms. The highest BCUT2D eigenvalue weighted by molar-refractivity contribution is 5.79. The van der Waals surface area contributed by atoms with E-state index >= 15 is 0 Å². The van der Waals surface area contributed by atoms with E-state index in [0.29, 0.717) is 78.6 Å². The van der Waals surface area contributed by atoms with Crippen LogP contribution in [0.1, 0.15) is 18.5 Å². The maximum absolute atomic E-state index is 12.2. The molecule has 0 amide bonds. The molecule has 1 aliphatic heterocycles. The maximum atomic E-state index is 12.2. The molecule has 206 valence electrons. The summed E-state index contributed by atoms with van der Waals surface area (Å²) in [5.74, 6) is 1.80. The smallest absolute Gasteiger partial charge is 0.273 e. The number of aromatic amines is 1. The second-order valence-corrected chi connectivity index (χ2v) is 9.28. The number of benzene rings is 1. The van der Waals surface area contributed by atoms with Gasteiger partial charge in [0.2, 0.25) is 0 Å². The summed E-state index contributed by atoms with van der Waals surface area (Å²) >= 11 is 0. The minimum atomic E-state index is -0.398. The van der Waals surface area contributed by atoms with Crippen LogP contribution < -0.4 is 21.1 Å². The number of nitrogens with zero attached hydrogens (tertiary/aromatic N) is 6. The Bertz CT molecular complexity index is 1660. The molecule has 4 N–H and O–H groups in total. The predicted octanol–water partition coefficient (Wildman–Crippen LogP) is 2.92. The molecule has 1 fully saturated rings. The molecule has 1 atom stereocenters. The number of H-pyrrole nitrogens is 1. The van der Waals surface area contributed by atoms with Crippen molar-refractivity contribution in [2.45, 2.75) is 19.5 Å². The average Bonchev–Trinajstić information content (AvgIpc) is 3.61. The number of pyridine rings is 2. The number of hydrogen-bond donors (Lipinski definition) is 4. The van der Waals surface area contributed by atoms with Crippen molar-refractivity contribution in [3.05, 3.63) is 70.6 Å². The molecule has 0 spiro atoms. The van der Waals surface area contributed by atoms with Crippen LogP contribution in [0.4, 0.5) is 23.3 Å². The van der Waals surface area contributed by atoms with Crippen molar-refractivity contribution in [1.82, 2.24) is 29.9 Å². The Hall–Kier alpha value is -4.75. The van der Waals surface area contributed by atoms with E-state index < -0.39 is 6.04 Å². The number of aliphatic hydroxyl groups excluding tert-OH is 1. The van der Waals surface area contributed by atoms with Gasteiger partial charge in [-0.2, -0.15) is 4.98 Å². The Morgan fingerprint density at radius 2 is 1.93 bits per heavy atom. The first-order valence-corrected chi connectivity index (χ1v) is 13.1. The van der Waals surface area contributed by atoms with Crippen molar-refractivity contribution in [3.63, 3.8) is 0 Å². The minimum absolute atomic E-state index is 0.141. The van der Waals surface area contributed by atoms with E-state index in [1.807, 2.05) is 42.2 Å². The summed E-state index contributed by atoms with van der Waals surface area (Å²) in [5, 5.41) is 24.3. The highest BCUT2D eigenvalue weighted by atomic mass is 16.5. The minimum Gasteiger partial charge on any atom is -0.394 e. The zero-order valence-corrected chi connectivity index (χ0v) is 21.9. The highest BCUT2D eigenvalue weighted by Crippen LogP contribution is 2.33. The fraction of sp³-hybridized carbons (Fsp3) is 0.296. The van der Waals surface area contributed by atoms with Crippen molar-refractivity contribution < 1.29 is 14.4 Å². The molecule has 0 bridgehead atoms. The number of aryl methyl sites for hydroxylation is 1. The maximum Gasteiger partial charge on any atom is 0.273 e. The summed E-state index contributed by atoms with van der Waals surface area (Å²) < 4.78 is 12.8. The molecule has 0 aliphatic carbocycles. The molecule has 40 heavy (non-hydrogen) atoms. The first-order chi connectivity index (χ1) is 19.6. The lowest BCUT2D eigenvalue weighted by Gasteiger charge is -2.24. The normalized spacial score (nSPS) is 14.4. The van der Waals surface area contributed by atoms with Crippen molar-refractivity contribution in [2.24, 2.45) is 0 Å². The van der Waals surface area contributed by atoms with Gasteiger partial charge in [-0.25, -0.2) is 9.97 Å². The Labute approximate surface area is 228 Å². The van der Waals surface area contributed by atoms with Gasteiger partial charge >= 0.3 is 0 Å². The lowest BCUT2D eigenvalue weighted by atomic mass is 10.1. The number of aliphatic hydroxyl groups is 1. The predicted molar refractivity (Wildman–Crippen MR) is 150 cm³/mol. The molecule has 13 nitrogen and oxygen atoms in total. The molecule has 1 aliphatic rings. The van der Waals surface area contributed by atoms with Crippen LogP contribution in [0.25, 0.3) is 22.5 Å². The van der Waals surface area contributed by atoms with Crippen LogP contribution in [0.2, 0.25) is 0 Å². The standard InChI is InChI=1S/C27H29N9O4/c1-2-36-24-18(25(38)33-36)8-9-22(31-24)30-23-14-20(29-21(16-37)17-6-4-3-5-7-17)19(15-28-23)26-32-27(34-40-26)35-10-12-39-13-11-35/h3-9,14-15,21,37H,2,10-13,16H2,1H3,(H,33,38)(H2,28,29,30,31)/t21-/m1/s1. The van der Waals surface area contributed by atoms with E-state index in [1.54, 1.807) is 29.1 Å². The zero-order chi connectivity index (χ0) is 27.5. The Balaban J connectivity index is 1.35. The van der Waals surface area contributed by atoms with E-state index in [9.17, 15) is 9.90 Å². The van der Waals surface area contributed by atoms with E-state index in [2.05, 4.69) is 35.8 Å². The summed E-state index contributed by atoms with van der Waals surface area (Å²) in [4.78, 5) is 28.0. The number of hydrogen-bond acceptors (Lipinski definition) is 11. The molecule has 0 radical (unpaired) electrons. The van der Waals surface area contributed by atoms with Gasteiger partial charge in [-0.3, -0.25) is 14.6 Å². The van der Waals surface area contributed by atoms with Gasteiger partial charge in [0.25, 0.3) is 17.4 Å². The molecule has 4 aromatic heterocycles. The molecule has 5 heterocycles. The molecule has 1 aromatic carbocycles.